The maximum Gasteiger partial charge on any atom is 0.252 e. The Hall–Kier alpha value is -2.30. The molecule has 3 aromatic rings. The zero-order valence-electron chi connectivity index (χ0n) is 15.5. The maximum absolute atomic E-state index is 12.7. The topological polar surface area (TPSA) is 96.7 Å². The second-order valence-electron chi connectivity index (χ2n) is 5.96. The minimum atomic E-state index is -3.65. The van der Waals surface area contributed by atoms with Crippen LogP contribution >= 0.6 is 15.9 Å². The van der Waals surface area contributed by atoms with Crippen molar-refractivity contribution < 1.29 is 13.2 Å². The molecule has 0 spiro atoms. The number of aromatic nitrogens is 3. The zero-order chi connectivity index (χ0) is 20.3. The van der Waals surface area contributed by atoms with Gasteiger partial charge in [0.05, 0.1) is 17.0 Å². The molecular weight excluding hydrogens is 446 g/mol. The highest BCUT2D eigenvalue weighted by Crippen LogP contribution is 2.23. The summed E-state index contributed by atoms with van der Waals surface area (Å²) in [5.74, 6) is 0.170. The van der Waals surface area contributed by atoms with Crippen molar-refractivity contribution in [3.63, 3.8) is 0 Å². The molecular formula is C18H20BrN5O3S. The van der Waals surface area contributed by atoms with E-state index in [1.54, 1.807) is 24.3 Å². The van der Waals surface area contributed by atoms with Crippen LogP contribution in [0.4, 0.5) is 0 Å². The van der Waals surface area contributed by atoms with Gasteiger partial charge in [0.2, 0.25) is 10.0 Å². The molecule has 2 heterocycles. The molecule has 0 aliphatic carbocycles. The van der Waals surface area contributed by atoms with Crippen LogP contribution in [0.15, 0.2) is 52.0 Å². The molecule has 0 radical (unpaired) electrons. The first-order valence-electron chi connectivity index (χ1n) is 8.75. The molecule has 1 N–H and O–H groups in total. The van der Waals surface area contributed by atoms with Crippen LogP contribution in [0.25, 0.3) is 5.65 Å². The van der Waals surface area contributed by atoms with Crippen molar-refractivity contribution in [3.05, 3.63) is 58.5 Å². The minimum Gasteiger partial charge on any atom is -0.345 e. The molecule has 1 aromatic carbocycles. The van der Waals surface area contributed by atoms with Crippen LogP contribution in [0.2, 0.25) is 0 Å². The Bertz CT molecular complexity index is 1110. The smallest absolute Gasteiger partial charge is 0.252 e. The number of hydrogen-bond acceptors (Lipinski definition) is 5. The van der Waals surface area contributed by atoms with E-state index >= 15 is 0 Å². The number of pyridine rings is 1. The quantitative estimate of drug-likeness (QED) is 0.577. The van der Waals surface area contributed by atoms with Crippen LogP contribution in [0, 0.1) is 0 Å². The van der Waals surface area contributed by atoms with Crippen molar-refractivity contribution in [2.75, 3.05) is 13.1 Å². The van der Waals surface area contributed by atoms with Gasteiger partial charge in [-0.2, -0.15) is 4.31 Å². The number of carbonyl (C=O) groups excluding carboxylic acids is 1. The molecule has 0 aliphatic rings. The Morgan fingerprint density at radius 1 is 1.18 bits per heavy atom. The van der Waals surface area contributed by atoms with Crippen LogP contribution in [0.1, 0.15) is 30.0 Å². The van der Waals surface area contributed by atoms with E-state index in [9.17, 15) is 13.2 Å². The summed E-state index contributed by atoms with van der Waals surface area (Å²) in [4.78, 5) is 12.8. The van der Waals surface area contributed by atoms with E-state index in [0.29, 0.717) is 29.0 Å². The van der Waals surface area contributed by atoms with Gasteiger partial charge in [-0.05, 0) is 46.3 Å². The second-order valence-corrected chi connectivity index (χ2v) is 8.75. The zero-order valence-corrected chi connectivity index (χ0v) is 17.9. The third-order valence-corrected chi connectivity index (χ3v) is 7.05. The van der Waals surface area contributed by atoms with Crippen molar-refractivity contribution >= 4 is 37.5 Å². The lowest BCUT2D eigenvalue weighted by Gasteiger charge is -2.19. The number of sulfonamides is 1. The summed E-state index contributed by atoms with van der Waals surface area (Å²) in [7, 11) is -3.65. The van der Waals surface area contributed by atoms with Gasteiger partial charge in [0.1, 0.15) is 0 Å². The molecule has 28 heavy (non-hydrogen) atoms. The molecule has 0 saturated heterocycles. The molecule has 3 rings (SSSR count). The van der Waals surface area contributed by atoms with Crippen LogP contribution in [-0.2, 0) is 16.6 Å². The van der Waals surface area contributed by atoms with E-state index in [2.05, 4.69) is 31.4 Å². The highest BCUT2D eigenvalue weighted by atomic mass is 79.9. The van der Waals surface area contributed by atoms with Crippen molar-refractivity contribution in [3.8, 4) is 0 Å². The first-order chi connectivity index (χ1) is 13.4. The molecule has 2 aromatic heterocycles. The molecule has 0 fully saturated rings. The molecule has 0 saturated carbocycles. The molecule has 0 atom stereocenters. The second kappa shape index (κ2) is 8.38. The number of fused-ring (bicyclic) bond motifs is 1. The van der Waals surface area contributed by atoms with Gasteiger partial charge in [-0.25, -0.2) is 8.42 Å². The summed E-state index contributed by atoms with van der Waals surface area (Å²) in [5, 5.41) is 10.9. The number of carbonyl (C=O) groups is 1. The van der Waals surface area contributed by atoms with Crippen molar-refractivity contribution in [1.82, 2.24) is 24.2 Å². The third kappa shape index (κ3) is 3.94. The van der Waals surface area contributed by atoms with Gasteiger partial charge in [-0.15, -0.1) is 10.2 Å². The molecule has 1 amide bonds. The normalized spacial score (nSPS) is 11.9. The van der Waals surface area contributed by atoms with Crippen molar-refractivity contribution in [1.29, 1.82) is 0 Å². The van der Waals surface area contributed by atoms with Gasteiger partial charge < -0.3 is 5.32 Å². The predicted molar refractivity (Wildman–Crippen MR) is 108 cm³/mol. The summed E-state index contributed by atoms with van der Waals surface area (Å²) < 4.78 is 29.1. The number of amides is 1. The van der Waals surface area contributed by atoms with Crippen molar-refractivity contribution in [2.24, 2.45) is 0 Å². The SMILES string of the molecule is CCN(CC)S(=O)(=O)c1ccc(Br)c(C(=O)NCc2nnc3ccccn23)c1. The lowest BCUT2D eigenvalue weighted by Crippen LogP contribution is -2.31. The summed E-state index contributed by atoms with van der Waals surface area (Å²) >= 11 is 3.33. The fourth-order valence-electron chi connectivity index (χ4n) is 2.82. The Labute approximate surface area is 171 Å². The summed E-state index contributed by atoms with van der Waals surface area (Å²) in [6, 6.07) is 9.95. The van der Waals surface area contributed by atoms with Gasteiger partial charge in [0, 0.05) is 23.8 Å². The van der Waals surface area contributed by atoms with Crippen LogP contribution in [0.5, 0.6) is 0 Å². The number of rotatable bonds is 7. The standard InChI is InChI=1S/C18H20BrN5O3S/c1-3-23(4-2)28(26,27)13-8-9-15(19)14(11-13)18(25)20-12-17-22-21-16-7-5-6-10-24(16)17/h5-11H,3-4,12H2,1-2H3,(H,20,25). The van der Waals surface area contributed by atoms with Gasteiger partial charge in [0.25, 0.3) is 5.91 Å². The Kier molecular flexibility index (Phi) is 6.11. The Balaban J connectivity index is 1.84. The summed E-state index contributed by atoms with van der Waals surface area (Å²) in [6.45, 7) is 4.42. The van der Waals surface area contributed by atoms with Gasteiger partial charge >= 0.3 is 0 Å². The monoisotopic (exact) mass is 465 g/mol. The largest absolute Gasteiger partial charge is 0.345 e. The van der Waals surface area contributed by atoms with E-state index in [1.165, 1.54) is 16.4 Å². The average Bonchev–Trinajstić information content (AvgIpc) is 3.10. The summed E-state index contributed by atoms with van der Waals surface area (Å²) in [5.41, 5.74) is 0.919. The van der Waals surface area contributed by atoms with E-state index in [4.69, 9.17) is 0 Å². The average molecular weight is 466 g/mol. The fraction of sp³-hybridized carbons (Fsp3) is 0.278. The predicted octanol–water partition coefficient (Wildman–Crippen LogP) is 2.45. The molecule has 0 unspecified atom stereocenters. The first kappa shape index (κ1) is 20.4. The van der Waals surface area contributed by atoms with Crippen LogP contribution in [-0.4, -0.2) is 46.3 Å². The fourth-order valence-corrected chi connectivity index (χ4v) is 4.73. The Morgan fingerprint density at radius 2 is 1.93 bits per heavy atom. The first-order valence-corrected chi connectivity index (χ1v) is 11.0. The van der Waals surface area contributed by atoms with Gasteiger partial charge in [-0.3, -0.25) is 9.20 Å². The lowest BCUT2D eigenvalue weighted by atomic mass is 10.2. The minimum absolute atomic E-state index is 0.0810. The number of halogens is 1. The molecule has 148 valence electrons. The number of nitrogens with zero attached hydrogens (tertiary/aromatic N) is 4. The third-order valence-electron chi connectivity index (χ3n) is 4.32. The highest BCUT2D eigenvalue weighted by Gasteiger charge is 2.23. The number of nitrogens with one attached hydrogen (secondary N) is 1. The number of benzene rings is 1. The van der Waals surface area contributed by atoms with Gasteiger partial charge in [0.15, 0.2) is 11.5 Å². The van der Waals surface area contributed by atoms with E-state index < -0.39 is 15.9 Å². The molecule has 10 heteroatoms. The van der Waals surface area contributed by atoms with Crippen LogP contribution in [0.3, 0.4) is 0 Å². The molecule has 8 nitrogen and oxygen atoms in total. The lowest BCUT2D eigenvalue weighted by molar-refractivity contribution is 0.0949. The highest BCUT2D eigenvalue weighted by molar-refractivity contribution is 9.10. The van der Waals surface area contributed by atoms with Gasteiger partial charge in [-0.1, -0.05) is 19.9 Å². The maximum atomic E-state index is 12.7. The number of hydrogen-bond donors (Lipinski definition) is 1. The van der Waals surface area contributed by atoms with E-state index in [1.807, 2.05) is 24.4 Å². The Morgan fingerprint density at radius 3 is 2.64 bits per heavy atom. The molecule has 0 aliphatic heterocycles. The van der Waals surface area contributed by atoms with E-state index in [-0.39, 0.29) is 17.0 Å². The van der Waals surface area contributed by atoms with Crippen molar-refractivity contribution in [2.45, 2.75) is 25.3 Å². The van der Waals surface area contributed by atoms with Crippen LogP contribution < -0.4 is 5.32 Å². The summed E-state index contributed by atoms with van der Waals surface area (Å²) in [6.07, 6.45) is 1.81. The van der Waals surface area contributed by atoms with E-state index in [0.717, 1.165) is 0 Å². The molecule has 0 bridgehead atoms.